The van der Waals surface area contributed by atoms with Crippen LogP contribution in [0.3, 0.4) is 0 Å². The Kier molecular flexibility index (Phi) is 12.8. The van der Waals surface area contributed by atoms with Gasteiger partial charge in [0.25, 0.3) is 0 Å². The first-order chi connectivity index (χ1) is 11.2. The Balaban J connectivity index is 0.00000232. The van der Waals surface area contributed by atoms with Gasteiger partial charge in [0.2, 0.25) is 0 Å². The molecule has 1 aromatic carbocycles. The van der Waals surface area contributed by atoms with Crippen LogP contribution in [0.1, 0.15) is 58.9 Å². The zero-order valence-corrected chi connectivity index (χ0v) is 15.3. The molecule has 0 radical (unpaired) electrons. The van der Waals surface area contributed by atoms with Crippen molar-refractivity contribution in [1.29, 1.82) is 0 Å². The molecule has 3 heteroatoms. The van der Waals surface area contributed by atoms with Crippen LogP contribution in [0, 0.1) is 5.92 Å². The van der Waals surface area contributed by atoms with Gasteiger partial charge in [-0.15, -0.1) is 0 Å². The van der Waals surface area contributed by atoms with Gasteiger partial charge in [-0.3, -0.25) is 0 Å². The molecule has 0 amide bonds. The molecule has 0 aromatic heterocycles. The summed E-state index contributed by atoms with van der Waals surface area (Å²) in [5, 5.41) is 0. The van der Waals surface area contributed by atoms with Crippen molar-refractivity contribution in [1.82, 2.24) is 0 Å². The first-order valence-corrected chi connectivity index (χ1v) is 8.68. The lowest BCUT2D eigenvalue weighted by Crippen LogP contribution is -2.12. The van der Waals surface area contributed by atoms with E-state index in [2.05, 4.69) is 13.8 Å². The first-order valence-electron chi connectivity index (χ1n) is 8.68. The smallest absolute Gasteiger partial charge is 0.330 e. The van der Waals surface area contributed by atoms with E-state index in [-0.39, 0.29) is 5.97 Å². The number of ether oxygens (including phenoxy) is 2. The quantitative estimate of drug-likeness (QED) is 0.445. The van der Waals surface area contributed by atoms with Crippen molar-refractivity contribution in [2.45, 2.75) is 53.4 Å². The fourth-order valence-electron chi connectivity index (χ4n) is 2.03. The number of carbonyl (C=O) groups is 1. The molecule has 0 aliphatic rings. The molecule has 3 nitrogen and oxygen atoms in total. The second-order valence-corrected chi connectivity index (χ2v) is 5.15. The van der Waals surface area contributed by atoms with E-state index in [4.69, 9.17) is 9.47 Å². The summed E-state index contributed by atoms with van der Waals surface area (Å²) < 4.78 is 10.4. The highest BCUT2D eigenvalue weighted by atomic mass is 16.5. The molecule has 0 spiro atoms. The molecular weight excluding hydrogens is 288 g/mol. The Morgan fingerprint density at radius 2 is 1.83 bits per heavy atom. The van der Waals surface area contributed by atoms with E-state index in [1.54, 1.807) is 13.2 Å². The number of esters is 1. The van der Waals surface area contributed by atoms with E-state index >= 15 is 0 Å². The number of unbranched alkanes of at least 4 members (excludes halogenated alkanes) is 1. The summed E-state index contributed by atoms with van der Waals surface area (Å²) in [5.41, 5.74) is 0.950. The predicted molar refractivity (Wildman–Crippen MR) is 97.6 cm³/mol. The van der Waals surface area contributed by atoms with Crippen LogP contribution >= 0.6 is 0 Å². The molecule has 1 unspecified atom stereocenters. The van der Waals surface area contributed by atoms with E-state index in [9.17, 15) is 4.79 Å². The largest absolute Gasteiger partial charge is 0.497 e. The van der Waals surface area contributed by atoms with Crippen molar-refractivity contribution in [2.75, 3.05) is 13.7 Å². The second kappa shape index (κ2) is 13.9. The lowest BCUT2D eigenvalue weighted by molar-refractivity contribution is -0.139. The van der Waals surface area contributed by atoms with Gasteiger partial charge in [-0.1, -0.05) is 59.1 Å². The van der Waals surface area contributed by atoms with Crippen molar-refractivity contribution >= 4 is 12.0 Å². The van der Waals surface area contributed by atoms with Crippen LogP contribution in [0.15, 0.2) is 30.3 Å². The van der Waals surface area contributed by atoms with Gasteiger partial charge in [0.05, 0.1) is 13.7 Å². The maximum atomic E-state index is 11.7. The molecule has 0 aliphatic carbocycles. The highest BCUT2D eigenvalue weighted by Crippen LogP contribution is 2.14. The molecule has 130 valence electrons. The molecule has 1 rings (SSSR count). The lowest BCUT2D eigenvalue weighted by atomic mass is 10.0. The Morgan fingerprint density at radius 1 is 1.17 bits per heavy atom. The minimum absolute atomic E-state index is 0.277. The van der Waals surface area contributed by atoms with Crippen LogP contribution in [0.2, 0.25) is 0 Å². The van der Waals surface area contributed by atoms with Crippen LogP contribution in [0.25, 0.3) is 6.08 Å². The lowest BCUT2D eigenvalue weighted by Gasteiger charge is -2.13. The van der Waals surface area contributed by atoms with Gasteiger partial charge in [-0.05, 0) is 36.1 Å². The Labute approximate surface area is 141 Å². The predicted octanol–water partition coefficient (Wildman–Crippen LogP) is 5.49. The third kappa shape index (κ3) is 9.77. The third-order valence-corrected chi connectivity index (χ3v) is 3.53. The molecule has 1 atom stereocenters. The third-order valence-electron chi connectivity index (χ3n) is 3.53. The standard InChI is InChI=1S/C18H26O3.C2H6/c1-4-6-7-15(5-2)14-21-18(19)13-10-16-8-11-17(20-3)12-9-16;1-2/h8-13,15H,4-7,14H2,1-3H3;1-2H3/b13-10+;. The van der Waals surface area contributed by atoms with E-state index in [1.807, 2.05) is 38.1 Å². The number of methoxy groups -OCH3 is 1. The number of hydrogen-bond acceptors (Lipinski definition) is 3. The van der Waals surface area contributed by atoms with Gasteiger partial charge in [0.15, 0.2) is 0 Å². The topological polar surface area (TPSA) is 35.5 Å². The van der Waals surface area contributed by atoms with Crippen molar-refractivity contribution in [2.24, 2.45) is 5.92 Å². The SMILES string of the molecule is CC.CCCCC(CC)COC(=O)/C=C/c1ccc(OC)cc1. The van der Waals surface area contributed by atoms with Crippen molar-refractivity contribution < 1.29 is 14.3 Å². The monoisotopic (exact) mass is 320 g/mol. The van der Waals surface area contributed by atoms with E-state index in [0.717, 1.165) is 24.2 Å². The van der Waals surface area contributed by atoms with Crippen molar-refractivity contribution in [3.63, 3.8) is 0 Å². The second-order valence-electron chi connectivity index (χ2n) is 5.15. The first kappa shape index (κ1) is 21.2. The fraction of sp³-hybridized carbons (Fsp3) is 0.550. The molecule has 0 aliphatic heterocycles. The van der Waals surface area contributed by atoms with E-state index < -0.39 is 0 Å². The zero-order valence-electron chi connectivity index (χ0n) is 15.3. The highest BCUT2D eigenvalue weighted by Gasteiger charge is 2.08. The van der Waals surface area contributed by atoms with Gasteiger partial charge in [0.1, 0.15) is 5.75 Å². The van der Waals surface area contributed by atoms with Crippen LogP contribution in [-0.4, -0.2) is 19.7 Å². The van der Waals surface area contributed by atoms with Gasteiger partial charge >= 0.3 is 5.97 Å². The summed E-state index contributed by atoms with van der Waals surface area (Å²) in [6, 6.07) is 7.53. The maximum absolute atomic E-state index is 11.7. The zero-order chi connectivity index (χ0) is 17.5. The molecule has 0 saturated heterocycles. The average Bonchev–Trinajstić information content (AvgIpc) is 2.62. The molecule has 1 aromatic rings. The van der Waals surface area contributed by atoms with E-state index in [0.29, 0.717) is 12.5 Å². The van der Waals surface area contributed by atoms with Crippen molar-refractivity contribution in [3.8, 4) is 5.75 Å². The summed E-state index contributed by atoms with van der Waals surface area (Å²) in [7, 11) is 1.63. The van der Waals surface area contributed by atoms with E-state index in [1.165, 1.54) is 18.9 Å². The van der Waals surface area contributed by atoms with Crippen LogP contribution in [-0.2, 0) is 9.53 Å². The molecule has 0 N–H and O–H groups in total. The number of carbonyl (C=O) groups excluding carboxylic acids is 1. The molecule has 23 heavy (non-hydrogen) atoms. The minimum atomic E-state index is -0.277. The summed E-state index contributed by atoms with van der Waals surface area (Å²) in [4.78, 5) is 11.7. The molecule has 0 heterocycles. The normalized spacial score (nSPS) is 11.5. The van der Waals surface area contributed by atoms with Gasteiger partial charge in [0, 0.05) is 6.08 Å². The van der Waals surface area contributed by atoms with Gasteiger partial charge < -0.3 is 9.47 Å². The Morgan fingerprint density at radius 3 is 2.35 bits per heavy atom. The molecule has 0 fully saturated rings. The number of benzene rings is 1. The van der Waals surface area contributed by atoms with Crippen LogP contribution < -0.4 is 4.74 Å². The number of hydrogen-bond donors (Lipinski definition) is 0. The Hall–Kier alpha value is -1.77. The maximum Gasteiger partial charge on any atom is 0.330 e. The minimum Gasteiger partial charge on any atom is -0.497 e. The van der Waals surface area contributed by atoms with Gasteiger partial charge in [-0.25, -0.2) is 4.79 Å². The fourth-order valence-corrected chi connectivity index (χ4v) is 2.03. The van der Waals surface area contributed by atoms with Crippen LogP contribution in [0.4, 0.5) is 0 Å². The molecular formula is C20H32O3. The van der Waals surface area contributed by atoms with Gasteiger partial charge in [-0.2, -0.15) is 0 Å². The molecule has 0 saturated carbocycles. The average molecular weight is 320 g/mol. The summed E-state index contributed by atoms with van der Waals surface area (Å²) in [6.07, 6.45) is 7.79. The van der Waals surface area contributed by atoms with Crippen molar-refractivity contribution in [3.05, 3.63) is 35.9 Å². The summed E-state index contributed by atoms with van der Waals surface area (Å²) in [5.74, 6) is 1.00. The van der Waals surface area contributed by atoms with Crippen LogP contribution in [0.5, 0.6) is 5.75 Å². The molecule has 0 bridgehead atoms. The number of rotatable bonds is 9. The Bertz CT molecular complexity index is 435. The summed E-state index contributed by atoms with van der Waals surface area (Å²) in [6.45, 7) is 8.83. The highest BCUT2D eigenvalue weighted by molar-refractivity contribution is 5.87. The summed E-state index contributed by atoms with van der Waals surface area (Å²) >= 11 is 0.